The third-order valence-corrected chi connectivity index (χ3v) is 16.0. The SMILES string of the molecule is CCCCCCCCOc1cc2c(cc1OC)-c1nc-2nc2[nH]c(nc3nc(nc4[nH]c(n1)c1cc(OCCCCCCCC)c(OC)cc41)-c1cc(OCCCCCCCC)c(OC)cc1-3)c1cc(OCCCCCCCC)c(OC)cc21. The summed E-state index contributed by atoms with van der Waals surface area (Å²) in [6, 6.07) is 15.7. The van der Waals surface area contributed by atoms with Gasteiger partial charge in [-0.3, -0.25) is 0 Å². The summed E-state index contributed by atoms with van der Waals surface area (Å²) in [5.41, 5.74) is 4.91. The third-order valence-electron chi connectivity index (χ3n) is 16.0. The second kappa shape index (κ2) is 31.0. The van der Waals surface area contributed by atoms with E-state index in [0.717, 1.165) is 95.2 Å². The number of rotatable bonds is 36. The molecule has 16 nitrogen and oxygen atoms in total. The molecule has 0 atom stereocenters. The average Bonchev–Trinajstić information content (AvgIpc) is 1.91. The number of unbranched alkanes of at least 4 members (excludes halogenated alkanes) is 20. The topological polar surface area (TPSA) is 183 Å². The van der Waals surface area contributed by atoms with Crippen molar-refractivity contribution in [2.45, 2.75) is 182 Å². The van der Waals surface area contributed by atoms with E-state index in [-0.39, 0.29) is 0 Å². The molecule has 2 aliphatic rings. The number of methoxy groups -OCH3 is 4. The van der Waals surface area contributed by atoms with Gasteiger partial charge in [-0.25, -0.2) is 29.9 Å². The van der Waals surface area contributed by atoms with Crippen molar-refractivity contribution in [3.63, 3.8) is 0 Å². The molecule has 2 aliphatic heterocycles. The van der Waals surface area contributed by atoms with Crippen LogP contribution in [-0.2, 0) is 0 Å². The van der Waals surface area contributed by atoms with Gasteiger partial charge in [0.15, 0.2) is 69.3 Å². The van der Waals surface area contributed by atoms with E-state index in [9.17, 15) is 0 Å². The van der Waals surface area contributed by atoms with Crippen LogP contribution in [0.25, 0.3) is 89.7 Å². The van der Waals surface area contributed by atoms with Gasteiger partial charge in [0.1, 0.15) is 22.6 Å². The van der Waals surface area contributed by atoms with Gasteiger partial charge in [-0.15, -0.1) is 0 Å². The molecule has 2 N–H and O–H groups in total. The fourth-order valence-corrected chi connectivity index (χ4v) is 11.2. The van der Waals surface area contributed by atoms with E-state index in [1.54, 1.807) is 28.4 Å². The molecule has 0 fully saturated rings. The van der Waals surface area contributed by atoms with Crippen molar-refractivity contribution in [1.82, 2.24) is 39.9 Å². The van der Waals surface area contributed by atoms with Crippen molar-refractivity contribution in [3.8, 4) is 91.5 Å². The highest BCUT2D eigenvalue weighted by molar-refractivity contribution is 6.08. The Morgan fingerprint density at radius 2 is 0.476 bits per heavy atom. The van der Waals surface area contributed by atoms with Crippen LogP contribution in [0.4, 0.5) is 0 Å². The fourth-order valence-electron chi connectivity index (χ4n) is 11.2. The zero-order valence-electron chi connectivity index (χ0n) is 51.4. The Labute approximate surface area is 496 Å². The molecular weight excluding hydrogens is 1060 g/mol. The molecule has 4 aromatic carbocycles. The summed E-state index contributed by atoms with van der Waals surface area (Å²) in [5.74, 6) is 6.36. The summed E-state index contributed by atoms with van der Waals surface area (Å²) in [5, 5.41) is 3.00. The molecule has 0 amide bonds. The number of benzene rings is 4. The first kappa shape index (κ1) is 61.2. The maximum absolute atomic E-state index is 6.54. The van der Waals surface area contributed by atoms with E-state index in [1.807, 2.05) is 48.5 Å². The zero-order chi connectivity index (χ0) is 58.6. The molecule has 84 heavy (non-hydrogen) atoms. The number of aromatic nitrogens is 8. The standard InChI is InChI=1S/C68H90N8O8/c1-9-13-17-21-25-29-33-81-57-41-49-45(37-53(57)77-5)61-69-65(49)73-62-46-38-54(78-6)58(82-34-30-26-22-18-14-10-2)42-50(46)67(70-62)75-64-48-40-56(80-8)60(84-36-32-28-24-20-16-12-4)44-52(48)68(72-64)76-63-47-39-55(79-7)59(43-51(47)66(71-63)74-61)83-35-31-27-23-19-15-11-3/h37-44H,9-36H2,1-8H3,(H2,69,70,71,72,73,74,75,76). The van der Waals surface area contributed by atoms with Crippen LogP contribution in [0, 0.1) is 0 Å². The van der Waals surface area contributed by atoms with Gasteiger partial charge in [0.05, 0.1) is 54.9 Å². The quantitative estimate of drug-likeness (QED) is 0.0354. The summed E-state index contributed by atoms with van der Waals surface area (Å²) in [6.07, 6.45) is 27.4. The summed E-state index contributed by atoms with van der Waals surface area (Å²) in [4.78, 5) is 39.4. The highest BCUT2D eigenvalue weighted by Gasteiger charge is 2.27. The van der Waals surface area contributed by atoms with E-state index in [0.29, 0.717) is 118 Å². The summed E-state index contributed by atoms with van der Waals surface area (Å²) >= 11 is 0. The van der Waals surface area contributed by atoms with Crippen molar-refractivity contribution >= 4 is 44.1 Å². The molecule has 0 aliphatic carbocycles. The Hall–Kier alpha value is -7.36. The summed E-state index contributed by atoms with van der Waals surface area (Å²) in [6.45, 7) is 11.1. The highest BCUT2D eigenvalue weighted by atomic mass is 16.5. The Morgan fingerprint density at radius 3 is 0.738 bits per heavy atom. The lowest BCUT2D eigenvalue weighted by Gasteiger charge is -2.13. The Balaban J connectivity index is 1.26. The van der Waals surface area contributed by atoms with E-state index in [1.165, 1.54) is 103 Å². The number of aromatic amines is 2. The number of fused-ring (bicyclic) bond motifs is 20. The van der Waals surface area contributed by atoms with Crippen molar-refractivity contribution in [2.24, 2.45) is 0 Å². The van der Waals surface area contributed by atoms with Gasteiger partial charge in [0, 0.05) is 43.8 Å². The molecule has 3 aromatic heterocycles. The number of nitrogens with zero attached hydrogens (tertiary/aromatic N) is 6. The Bertz CT molecular complexity index is 3240. The van der Waals surface area contributed by atoms with E-state index in [4.69, 9.17) is 67.8 Å². The van der Waals surface area contributed by atoms with Crippen LogP contribution in [0.5, 0.6) is 46.0 Å². The van der Waals surface area contributed by atoms with E-state index < -0.39 is 0 Å². The van der Waals surface area contributed by atoms with Gasteiger partial charge in [0.25, 0.3) is 0 Å². The van der Waals surface area contributed by atoms with Gasteiger partial charge in [-0.05, 0) is 74.2 Å². The lowest BCUT2D eigenvalue weighted by Crippen LogP contribution is -2.00. The molecule has 0 unspecified atom stereocenters. The minimum absolute atomic E-state index is 0.416. The van der Waals surface area contributed by atoms with Gasteiger partial charge >= 0.3 is 0 Å². The predicted molar refractivity (Wildman–Crippen MR) is 338 cm³/mol. The van der Waals surface area contributed by atoms with Crippen LogP contribution in [0.15, 0.2) is 48.5 Å². The molecule has 16 heteroatoms. The van der Waals surface area contributed by atoms with Crippen LogP contribution in [0.2, 0.25) is 0 Å². The lowest BCUT2D eigenvalue weighted by molar-refractivity contribution is 0.285. The molecule has 0 spiro atoms. The minimum atomic E-state index is 0.416. The number of ether oxygens (including phenoxy) is 8. The lowest BCUT2D eigenvalue weighted by atomic mass is 10.1. The molecular formula is C68H90N8O8. The van der Waals surface area contributed by atoms with Crippen LogP contribution < -0.4 is 37.9 Å². The zero-order valence-corrected chi connectivity index (χ0v) is 51.4. The monoisotopic (exact) mass is 1150 g/mol. The van der Waals surface area contributed by atoms with Crippen molar-refractivity contribution in [2.75, 3.05) is 54.9 Å². The van der Waals surface area contributed by atoms with Crippen LogP contribution in [0.1, 0.15) is 182 Å². The average molecular weight is 1150 g/mol. The first-order valence-electron chi connectivity index (χ1n) is 31.6. The molecule has 0 radical (unpaired) electrons. The van der Waals surface area contributed by atoms with Crippen molar-refractivity contribution in [3.05, 3.63) is 48.5 Å². The molecule has 450 valence electrons. The normalized spacial score (nSPS) is 11.7. The minimum Gasteiger partial charge on any atom is -0.493 e. The second-order valence-corrected chi connectivity index (χ2v) is 22.3. The fraction of sp³-hybridized carbons (Fsp3) is 0.529. The first-order chi connectivity index (χ1) is 41.3. The van der Waals surface area contributed by atoms with Gasteiger partial charge in [0.2, 0.25) is 0 Å². The van der Waals surface area contributed by atoms with Crippen LogP contribution >= 0.6 is 0 Å². The molecule has 8 bridgehead atoms. The number of hydrogen-bond donors (Lipinski definition) is 2. The highest BCUT2D eigenvalue weighted by Crippen LogP contribution is 2.46. The molecule has 7 aromatic rings. The van der Waals surface area contributed by atoms with Crippen molar-refractivity contribution < 1.29 is 37.9 Å². The van der Waals surface area contributed by atoms with Crippen LogP contribution in [0.3, 0.4) is 0 Å². The second-order valence-electron chi connectivity index (χ2n) is 22.3. The summed E-state index contributed by atoms with van der Waals surface area (Å²) in [7, 11) is 6.64. The predicted octanol–water partition coefficient (Wildman–Crippen LogP) is 17.9. The van der Waals surface area contributed by atoms with Crippen LogP contribution in [-0.4, -0.2) is 94.7 Å². The molecule has 9 rings (SSSR count). The first-order valence-corrected chi connectivity index (χ1v) is 31.6. The smallest absolute Gasteiger partial charge is 0.164 e. The van der Waals surface area contributed by atoms with E-state index >= 15 is 0 Å². The number of hydrogen-bond acceptors (Lipinski definition) is 14. The van der Waals surface area contributed by atoms with Crippen molar-refractivity contribution in [1.29, 1.82) is 0 Å². The molecule has 5 heterocycles. The summed E-state index contributed by atoms with van der Waals surface area (Å²) < 4.78 is 50.4. The maximum Gasteiger partial charge on any atom is 0.164 e. The maximum atomic E-state index is 6.54. The number of H-pyrrole nitrogens is 2. The Morgan fingerprint density at radius 1 is 0.262 bits per heavy atom. The number of nitrogens with one attached hydrogen (secondary N) is 2. The molecule has 0 saturated carbocycles. The van der Waals surface area contributed by atoms with Gasteiger partial charge in [-0.1, -0.05) is 156 Å². The molecule has 0 saturated heterocycles. The third kappa shape index (κ3) is 14.9. The van der Waals surface area contributed by atoms with Gasteiger partial charge in [-0.2, -0.15) is 0 Å². The van der Waals surface area contributed by atoms with Gasteiger partial charge < -0.3 is 47.9 Å². The largest absolute Gasteiger partial charge is 0.493 e. The van der Waals surface area contributed by atoms with E-state index in [2.05, 4.69) is 37.7 Å². The Kier molecular flexibility index (Phi) is 22.6.